The number of halogens is 2. The smallest absolute Gasteiger partial charge is 0.317 e. The lowest BCUT2D eigenvalue weighted by Gasteiger charge is -2.28. The highest BCUT2D eigenvalue weighted by molar-refractivity contribution is 6.33. The summed E-state index contributed by atoms with van der Waals surface area (Å²) in [5.74, 6) is -1.54. The first-order valence-corrected chi connectivity index (χ1v) is 16.5. The number of nitrogen functional groups attached to an aromatic ring is 2. The molecule has 0 amide bonds. The molecule has 13 nitrogen and oxygen atoms in total. The third-order valence-corrected chi connectivity index (χ3v) is 8.39. The van der Waals surface area contributed by atoms with Crippen molar-refractivity contribution in [3.8, 4) is 0 Å². The van der Waals surface area contributed by atoms with Gasteiger partial charge in [0.2, 0.25) is 12.2 Å². The molecule has 0 heterocycles. The van der Waals surface area contributed by atoms with Crippen LogP contribution in [-0.4, -0.2) is 69.9 Å². The molecule has 2 aromatic rings. The molecule has 0 atom stereocenters. The Morgan fingerprint density at radius 2 is 0.980 bits per heavy atom. The van der Waals surface area contributed by atoms with Crippen LogP contribution in [0.3, 0.4) is 0 Å². The fourth-order valence-corrected chi connectivity index (χ4v) is 6.06. The van der Waals surface area contributed by atoms with E-state index < -0.39 is 37.5 Å². The van der Waals surface area contributed by atoms with Crippen molar-refractivity contribution in [1.82, 2.24) is 4.90 Å². The Morgan fingerprint density at radius 3 is 1.24 bits per heavy atom. The average Bonchev–Trinajstić information content (AvgIpc) is 3.02. The van der Waals surface area contributed by atoms with Crippen LogP contribution in [0, 0.1) is 22.7 Å². The molecule has 9 N–H and O–H groups in total. The number of rotatable bonds is 10. The summed E-state index contributed by atoms with van der Waals surface area (Å²) in [6, 6.07) is 11.2. The van der Waals surface area contributed by atoms with Gasteiger partial charge in [0.1, 0.15) is 0 Å². The lowest BCUT2D eigenvalue weighted by molar-refractivity contribution is -0.144. The van der Waals surface area contributed by atoms with Gasteiger partial charge in [-0.25, -0.2) is 20.4 Å². The number of aliphatic carboxylic acids is 3. The second-order valence-electron chi connectivity index (χ2n) is 11.7. The van der Waals surface area contributed by atoms with Crippen molar-refractivity contribution in [3.05, 3.63) is 57.6 Å². The van der Waals surface area contributed by atoms with Crippen molar-refractivity contribution >= 4 is 64.6 Å². The van der Waals surface area contributed by atoms with Crippen LogP contribution in [0.5, 0.6) is 0 Å². The van der Waals surface area contributed by atoms with Crippen LogP contribution < -0.4 is 11.5 Å². The van der Waals surface area contributed by atoms with Gasteiger partial charge in [0, 0.05) is 0 Å². The number of benzene rings is 2. The fraction of sp³-hybridized carbons (Fsp3) is 0.500. The standard InChI is InChI=1S/C13H12Cl2N2.C13H24.C6H9NO6.2CHNO/c14-10-6-8(1-3-12(10)16)5-9-2-4-13(17)11(15)7-9;1-3-7-12(8-4-1)11-13-9-5-2-6-10-13;8-4(9)1-7(2-5(10)11)3-6(12)13;2*2-1-3/h1-4,6-7H,5,16-17H2;12-13H,1-11H2;1-3H2,(H,8,9)(H,10,11)(H,12,13);2*2H. The van der Waals surface area contributed by atoms with E-state index in [-0.39, 0.29) is 0 Å². The van der Waals surface area contributed by atoms with Crippen molar-refractivity contribution in [2.24, 2.45) is 11.8 Å². The molecule has 0 unspecified atom stereocenters. The van der Waals surface area contributed by atoms with Gasteiger partial charge < -0.3 is 26.8 Å². The van der Waals surface area contributed by atoms with Crippen LogP contribution in [0.15, 0.2) is 36.4 Å². The predicted octanol–water partition coefficient (Wildman–Crippen LogP) is 6.63. The number of isocyanates is 2. The van der Waals surface area contributed by atoms with Crippen molar-refractivity contribution in [3.63, 3.8) is 0 Å². The normalized spacial score (nSPS) is 13.9. The van der Waals surface area contributed by atoms with Gasteiger partial charge in [0.15, 0.2) is 0 Å². The number of anilines is 2. The molecule has 4 rings (SSSR count). The number of carbonyl (C=O) groups is 3. The summed E-state index contributed by atoms with van der Waals surface area (Å²) in [6.45, 7) is -1.80. The summed E-state index contributed by atoms with van der Waals surface area (Å²) in [5, 5.41) is 36.8. The number of hydrogen-bond acceptors (Lipinski definition) is 10. The Balaban J connectivity index is 0.000000658. The number of carboxylic acid groups (broad SMARTS) is 3. The summed E-state index contributed by atoms with van der Waals surface area (Å²) in [6.07, 6.45) is 19.2. The number of carboxylic acids is 3. The second kappa shape index (κ2) is 26.7. The van der Waals surface area contributed by atoms with E-state index in [1.54, 1.807) is 44.2 Å². The Kier molecular flexibility index (Phi) is 24.4. The van der Waals surface area contributed by atoms with E-state index in [9.17, 15) is 14.4 Å². The molecular weight excluding hydrogens is 677 g/mol. The molecule has 15 heteroatoms. The fourth-order valence-electron chi connectivity index (χ4n) is 5.66. The zero-order valence-electron chi connectivity index (χ0n) is 27.5. The first-order valence-electron chi connectivity index (χ1n) is 15.8. The van der Waals surface area contributed by atoms with Gasteiger partial charge in [-0.05, 0) is 60.1 Å². The molecule has 0 aromatic heterocycles. The minimum absolute atomic E-state index is 0.573. The monoisotopic (exact) mass is 723 g/mol. The van der Waals surface area contributed by atoms with Crippen molar-refractivity contribution < 1.29 is 39.3 Å². The average molecular weight is 725 g/mol. The SMILES string of the molecule is C1CCC(CC2CCCCC2)CC1.N=C=O.N=C=O.Nc1ccc(Cc2ccc(N)c(Cl)c2)cc1Cl.O=C(O)CN(CC(=O)O)CC(=O)O. The van der Waals surface area contributed by atoms with Gasteiger partial charge in [-0.3, -0.25) is 19.3 Å². The molecule has 2 aliphatic rings. The summed E-state index contributed by atoms with van der Waals surface area (Å²) in [4.78, 5) is 47.9. The molecule has 2 fully saturated rings. The van der Waals surface area contributed by atoms with E-state index in [1.807, 2.05) is 24.3 Å². The number of carbonyl (C=O) groups excluding carboxylic acids is 2. The summed E-state index contributed by atoms with van der Waals surface area (Å²) >= 11 is 11.9. The van der Waals surface area contributed by atoms with Crippen LogP contribution in [0.25, 0.3) is 0 Å². The summed E-state index contributed by atoms with van der Waals surface area (Å²) < 4.78 is 0. The largest absolute Gasteiger partial charge is 0.480 e. The maximum absolute atomic E-state index is 10.1. The van der Waals surface area contributed by atoms with Crippen molar-refractivity contribution in [2.45, 2.75) is 77.0 Å². The lowest BCUT2D eigenvalue weighted by Crippen LogP contribution is -2.38. The predicted molar refractivity (Wildman–Crippen MR) is 188 cm³/mol. The highest BCUT2D eigenvalue weighted by atomic mass is 35.5. The molecule has 0 spiro atoms. The quantitative estimate of drug-likeness (QED) is 0.0778. The molecule has 270 valence electrons. The number of nitrogens with two attached hydrogens (primary N) is 2. The van der Waals surface area contributed by atoms with E-state index in [4.69, 9.17) is 70.4 Å². The van der Waals surface area contributed by atoms with Crippen molar-refractivity contribution in [1.29, 1.82) is 10.8 Å². The van der Waals surface area contributed by atoms with Gasteiger partial charge >= 0.3 is 17.9 Å². The molecule has 2 aromatic carbocycles. The molecule has 0 bridgehead atoms. The number of hydrogen-bond donors (Lipinski definition) is 7. The van der Waals surface area contributed by atoms with Crippen LogP contribution in [0.2, 0.25) is 10.0 Å². The molecule has 0 saturated heterocycles. The first-order chi connectivity index (χ1) is 23.3. The van der Waals surface area contributed by atoms with Gasteiger partial charge in [-0.2, -0.15) is 0 Å². The highest BCUT2D eigenvalue weighted by Gasteiger charge is 2.20. The molecule has 2 aliphatic carbocycles. The Morgan fingerprint density at radius 1 is 0.673 bits per heavy atom. The highest BCUT2D eigenvalue weighted by Crippen LogP contribution is 2.35. The molecule has 0 radical (unpaired) electrons. The van der Waals surface area contributed by atoms with Crippen LogP contribution in [0.4, 0.5) is 11.4 Å². The summed E-state index contributed by atoms with van der Waals surface area (Å²) in [5.41, 5.74) is 14.7. The minimum atomic E-state index is -1.26. The van der Waals surface area contributed by atoms with Crippen LogP contribution in [0.1, 0.15) is 81.8 Å². The summed E-state index contributed by atoms with van der Waals surface area (Å²) in [7, 11) is 0. The molecule has 2 saturated carbocycles. The molecule has 0 aliphatic heterocycles. The van der Waals surface area contributed by atoms with Gasteiger partial charge in [-0.1, -0.05) is 99.5 Å². The zero-order valence-corrected chi connectivity index (χ0v) is 29.0. The van der Waals surface area contributed by atoms with Gasteiger partial charge in [0.05, 0.1) is 41.1 Å². The van der Waals surface area contributed by atoms with Crippen molar-refractivity contribution in [2.75, 3.05) is 31.1 Å². The maximum Gasteiger partial charge on any atom is 0.317 e. The number of nitrogens with zero attached hydrogens (tertiary/aromatic N) is 1. The van der Waals surface area contributed by atoms with E-state index in [0.29, 0.717) is 21.4 Å². The first kappa shape index (κ1) is 44.8. The maximum atomic E-state index is 10.1. The van der Waals surface area contributed by atoms with E-state index in [2.05, 4.69) is 0 Å². The molecular formula is C34H47Cl2N5O8. The second-order valence-corrected chi connectivity index (χ2v) is 12.5. The topological polar surface area (TPSA) is 249 Å². The third-order valence-electron chi connectivity index (χ3n) is 7.73. The van der Waals surface area contributed by atoms with Crippen LogP contribution >= 0.6 is 23.2 Å². The molecule has 49 heavy (non-hydrogen) atoms. The van der Waals surface area contributed by atoms with Gasteiger partial charge in [-0.15, -0.1) is 0 Å². The lowest BCUT2D eigenvalue weighted by atomic mass is 9.78. The third kappa shape index (κ3) is 22.9. The van der Waals surface area contributed by atoms with Crippen LogP contribution in [-0.2, 0) is 30.4 Å². The Bertz CT molecular complexity index is 1250. The zero-order chi connectivity index (χ0) is 37.2. The number of nitrogens with one attached hydrogen (secondary N) is 2. The Labute approximate surface area is 296 Å². The minimum Gasteiger partial charge on any atom is -0.480 e. The van der Waals surface area contributed by atoms with E-state index >= 15 is 0 Å². The Hall–Kier alpha value is -4.25. The van der Waals surface area contributed by atoms with E-state index in [1.165, 1.54) is 38.5 Å². The van der Waals surface area contributed by atoms with Gasteiger partial charge in [0.25, 0.3) is 0 Å². The van der Waals surface area contributed by atoms with E-state index in [0.717, 1.165) is 46.4 Å².